The molecule has 0 aromatic heterocycles. The number of benzene rings is 3. The van der Waals surface area contributed by atoms with Crippen LogP contribution in [0.2, 0.25) is 0 Å². The second-order valence-corrected chi connectivity index (χ2v) is 8.59. The average molecular weight is 429 g/mol. The van der Waals surface area contributed by atoms with Gasteiger partial charge in [0.15, 0.2) is 0 Å². The van der Waals surface area contributed by atoms with Crippen LogP contribution in [0.3, 0.4) is 0 Å². The summed E-state index contributed by atoms with van der Waals surface area (Å²) < 4.78 is 14.3. The summed E-state index contributed by atoms with van der Waals surface area (Å²) in [6.45, 7) is 1.96. The molecule has 2 aliphatic rings. The van der Waals surface area contributed by atoms with E-state index in [9.17, 15) is 14.0 Å². The van der Waals surface area contributed by atoms with Gasteiger partial charge in [0.2, 0.25) is 5.91 Å². The predicted molar refractivity (Wildman–Crippen MR) is 121 cm³/mol. The summed E-state index contributed by atoms with van der Waals surface area (Å²) in [6, 6.07) is 24.1. The lowest BCUT2D eigenvalue weighted by atomic mass is 9.87. The zero-order chi connectivity index (χ0) is 22.1. The van der Waals surface area contributed by atoms with Gasteiger partial charge in [-0.2, -0.15) is 0 Å². The van der Waals surface area contributed by atoms with Gasteiger partial charge in [0, 0.05) is 32.1 Å². The van der Waals surface area contributed by atoms with Gasteiger partial charge in [-0.15, -0.1) is 0 Å². The Bertz CT molecular complexity index is 1150. The first-order valence-corrected chi connectivity index (χ1v) is 11.1. The normalized spacial score (nSPS) is 20.2. The smallest absolute Gasteiger partial charge is 0.256 e. The van der Waals surface area contributed by atoms with E-state index in [0.717, 1.165) is 12.0 Å². The SMILES string of the molecule is O=C(c1ccccc1F)N1CC(C(=O)N2CCc3ccccc3C2)C(c2ccccc2)C1. The molecule has 3 aromatic rings. The summed E-state index contributed by atoms with van der Waals surface area (Å²) in [5.41, 5.74) is 3.56. The molecule has 2 aliphatic heterocycles. The molecule has 2 unspecified atom stereocenters. The molecule has 0 aliphatic carbocycles. The zero-order valence-electron chi connectivity index (χ0n) is 17.8. The van der Waals surface area contributed by atoms with Gasteiger partial charge >= 0.3 is 0 Å². The van der Waals surface area contributed by atoms with Gasteiger partial charge in [-0.3, -0.25) is 9.59 Å². The molecule has 5 heteroatoms. The minimum atomic E-state index is -0.531. The topological polar surface area (TPSA) is 40.6 Å². The molecular formula is C27H25FN2O2. The number of likely N-dealkylation sites (tertiary alicyclic amines) is 1. The summed E-state index contributed by atoms with van der Waals surface area (Å²) in [5, 5.41) is 0. The molecule has 0 radical (unpaired) electrons. The maximum absolute atomic E-state index is 14.3. The second kappa shape index (κ2) is 8.58. The highest BCUT2D eigenvalue weighted by Gasteiger charge is 2.42. The van der Waals surface area contributed by atoms with Gasteiger partial charge in [0.1, 0.15) is 5.82 Å². The van der Waals surface area contributed by atoms with E-state index < -0.39 is 5.82 Å². The summed E-state index contributed by atoms with van der Waals surface area (Å²) in [5.74, 6) is -1.29. The highest BCUT2D eigenvalue weighted by molar-refractivity contribution is 5.95. The Labute approximate surface area is 187 Å². The number of amides is 2. The minimum Gasteiger partial charge on any atom is -0.338 e. The van der Waals surface area contributed by atoms with E-state index in [1.807, 2.05) is 47.4 Å². The van der Waals surface area contributed by atoms with E-state index in [1.165, 1.54) is 23.3 Å². The van der Waals surface area contributed by atoms with Crippen LogP contribution < -0.4 is 0 Å². The van der Waals surface area contributed by atoms with Crippen molar-refractivity contribution in [3.8, 4) is 0 Å². The van der Waals surface area contributed by atoms with Gasteiger partial charge in [-0.1, -0.05) is 66.7 Å². The van der Waals surface area contributed by atoms with Crippen LogP contribution in [0.25, 0.3) is 0 Å². The van der Waals surface area contributed by atoms with Gasteiger partial charge in [-0.25, -0.2) is 4.39 Å². The fraction of sp³-hybridized carbons (Fsp3) is 0.259. The third-order valence-electron chi connectivity index (χ3n) is 6.70. The van der Waals surface area contributed by atoms with Crippen molar-refractivity contribution >= 4 is 11.8 Å². The highest BCUT2D eigenvalue weighted by atomic mass is 19.1. The Morgan fingerprint density at radius 1 is 0.781 bits per heavy atom. The maximum atomic E-state index is 14.3. The Morgan fingerprint density at radius 3 is 2.25 bits per heavy atom. The Hall–Kier alpha value is -3.47. The molecule has 4 nitrogen and oxygen atoms in total. The second-order valence-electron chi connectivity index (χ2n) is 8.59. The van der Waals surface area contributed by atoms with Gasteiger partial charge in [0.05, 0.1) is 11.5 Å². The van der Waals surface area contributed by atoms with E-state index in [2.05, 4.69) is 12.1 Å². The molecule has 0 bridgehead atoms. The van der Waals surface area contributed by atoms with Crippen molar-refractivity contribution < 1.29 is 14.0 Å². The third kappa shape index (κ3) is 3.79. The van der Waals surface area contributed by atoms with Gasteiger partial charge in [-0.05, 0) is 35.2 Å². The lowest BCUT2D eigenvalue weighted by molar-refractivity contribution is -0.136. The van der Waals surface area contributed by atoms with Crippen LogP contribution in [0.15, 0.2) is 78.9 Å². The molecule has 5 rings (SSSR count). The summed E-state index contributed by atoms with van der Waals surface area (Å²) in [4.78, 5) is 30.3. The molecule has 0 spiro atoms. The maximum Gasteiger partial charge on any atom is 0.256 e. The molecule has 3 aromatic carbocycles. The van der Waals surface area contributed by atoms with Crippen LogP contribution in [0.4, 0.5) is 4.39 Å². The quantitative estimate of drug-likeness (QED) is 0.625. The molecule has 2 atom stereocenters. The number of halogens is 1. The highest BCUT2D eigenvalue weighted by Crippen LogP contribution is 2.36. The third-order valence-corrected chi connectivity index (χ3v) is 6.70. The summed E-state index contributed by atoms with van der Waals surface area (Å²) >= 11 is 0. The number of hydrogen-bond acceptors (Lipinski definition) is 2. The van der Waals surface area contributed by atoms with Crippen molar-refractivity contribution in [3.63, 3.8) is 0 Å². The molecule has 0 saturated carbocycles. The van der Waals surface area contributed by atoms with Crippen LogP contribution in [0.5, 0.6) is 0 Å². The van der Waals surface area contributed by atoms with E-state index in [-0.39, 0.29) is 29.2 Å². The van der Waals surface area contributed by atoms with E-state index >= 15 is 0 Å². The number of rotatable bonds is 3. The summed E-state index contributed by atoms with van der Waals surface area (Å²) in [7, 11) is 0. The average Bonchev–Trinajstić information content (AvgIpc) is 3.29. The fourth-order valence-electron chi connectivity index (χ4n) is 4.98. The molecule has 2 amide bonds. The first-order chi connectivity index (χ1) is 15.6. The molecular weight excluding hydrogens is 403 g/mol. The van der Waals surface area contributed by atoms with E-state index in [0.29, 0.717) is 26.2 Å². The molecule has 162 valence electrons. The number of nitrogens with zero attached hydrogens (tertiary/aromatic N) is 2. The lowest BCUT2D eigenvalue weighted by Gasteiger charge is -2.32. The first kappa shape index (κ1) is 20.4. The number of fused-ring (bicyclic) bond motifs is 1. The van der Waals surface area contributed by atoms with E-state index in [1.54, 1.807) is 17.0 Å². The molecule has 0 N–H and O–H groups in total. The van der Waals surface area contributed by atoms with Crippen LogP contribution >= 0.6 is 0 Å². The molecule has 1 fully saturated rings. The minimum absolute atomic E-state index is 0.0549. The van der Waals surface area contributed by atoms with Crippen LogP contribution in [-0.4, -0.2) is 41.2 Å². The molecule has 32 heavy (non-hydrogen) atoms. The Balaban J connectivity index is 1.42. The largest absolute Gasteiger partial charge is 0.338 e. The van der Waals surface area contributed by atoms with Crippen LogP contribution in [-0.2, 0) is 17.8 Å². The van der Waals surface area contributed by atoms with Crippen molar-refractivity contribution in [1.82, 2.24) is 9.80 Å². The van der Waals surface area contributed by atoms with Crippen molar-refractivity contribution in [1.29, 1.82) is 0 Å². The van der Waals surface area contributed by atoms with Crippen molar-refractivity contribution in [3.05, 3.63) is 107 Å². The summed E-state index contributed by atoms with van der Waals surface area (Å²) in [6.07, 6.45) is 0.836. The first-order valence-electron chi connectivity index (χ1n) is 11.1. The fourth-order valence-corrected chi connectivity index (χ4v) is 4.98. The number of carbonyl (C=O) groups is 2. The van der Waals surface area contributed by atoms with Crippen molar-refractivity contribution in [2.75, 3.05) is 19.6 Å². The molecule has 1 saturated heterocycles. The number of carbonyl (C=O) groups excluding carboxylic acids is 2. The standard InChI is InChI=1S/C27H25FN2O2/c28-25-13-7-6-12-22(25)26(31)30-17-23(20-9-2-1-3-10-20)24(18-30)27(32)29-15-14-19-8-4-5-11-21(19)16-29/h1-13,23-24H,14-18H2. The van der Waals surface area contributed by atoms with Gasteiger partial charge in [0.25, 0.3) is 5.91 Å². The monoisotopic (exact) mass is 428 g/mol. The van der Waals surface area contributed by atoms with Gasteiger partial charge < -0.3 is 9.80 Å². The van der Waals surface area contributed by atoms with Crippen molar-refractivity contribution in [2.24, 2.45) is 5.92 Å². The van der Waals surface area contributed by atoms with Crippen LogP contribution in [0.1, 0.15) is 33.0 Å². The lowest BCUT2D eigenvalue weighted by Crippen LogP contribution is -2.42. The zero-order valence-corrected chi connectivity index (χ0v) is 17.8. The molecule has 2 heterocycles. The Morgan fingerprint density at radius 2 is 1.47 bits per heavy atom. The number of hydrogen-bond donors (Lipinski definition) is 0. The predicted octanol–water partition coefficient (Wildman–Crippen LogP) is 4.27. The van der Waals surface area contributed by atoms with E-state index in [4.69, 9.17) is 0 Å². The van der Waals surface area contributed by atoms with Crippen molar-refractivity contribution in [2.45, 2.75) is 18.9 Å². The van der Waals surface area contributed by atoms with Crippen LogP contribution in [0, 0.1) is 11.7 Å². The Kier molecular flexibility index (Phi) is 5.48.